The first-order chi connectivity index (χ1) is 6.29. The van der Waals surface area contributed by atoms with Crippen LogP contribution in [0.1, 0.15) is 33.1 Å². The highest BCUT2D eigenvalue weighted by molar-refractivity contribution is 6.39. The van der Waals surface area contributed by atoms with Gasteiger partial charge in [-0.05, 0) is 26.2 Å². The van der Waals surface area contributed by atoms with Gasteiger partial charge in [-0.15, -0.1) is 0 Å². The third-order valence-electron chi connectivity index (χ3n) is 2.61. The lowest BCUT2D eigenvalue weighted by Crippen LogP contribution is -2.11. The van der Waals surface area contributed by atoms with Gasteiger partial charge >= 0.3 is 0 Å². The maximum atomic E-state index is 5.51. The Balaban J connectivity index is 2.06. The Labute approximate surface area is 78.9 Å². The summed E-state index contributed by atoms with van der Waals surface area (Å²) in [6, 6.07) is 0.829. The number of nitrogens with zero attached hydrogens (tertiary/aromatic N) is 2. The number of rotatable bonds is 2. The Morgan fingerprint density at radius 3 is 2.85 bits per heavy atom. The van der Waals surface area contributed by atoms with Crippen LogP contribution in [0, 0.1) is 0 Å². The second-order valence-electron chi connectivity index (χ2n) is 3.77. The molecule has 2 unspecified atom stereocenters. The molecule has 2 rings (SSSR count). The van der Waals surface area contributed by atoms with Crippen molar-refractivity contribution in [2.45, 2.75) is 45.2 Å². The molecule has 0 aromatic carbocycles. The van der Waals surface area contributed by atoms with E-state index in [1.807, 2.05) is 0 Å². The lowest BCUT2D eigenvalue weighted by atomic mass is 10.2. The zero-order valence-electron chi connectivity index (χ0n) is 8.29. The summed E-state index contributed by atoms with van der Waals surface area (Å²) < 4.78 is 5.51. The van der Waals surface area contributed by atoms with Crippen molar-refractivity contribution in [2.24, 2.45) is 9.98 Å². The molecule has 2 heterocycles. The van der Waals surface area contributed by atoms with Gasteiger partial charge < -0.3 is 4.74 Å². The highest BCUT2D eigenvalue weighted by atomic mass is 16.5. The standard InChI is InChI=1S/C10H16N2O/c1-3-8-6-13-10(12-8)9-5-4-7(2)11-9/h7-8H,3-6H2,1-2H3. The van der Waals surface area contributed by atoms with Crippen LogP contribution in [0.5, 0.6) is 0 Å². The summed E-state index contributed by atoms with van der Waals surface area (Å²) in [7, 11) is 0. The molecule has 72 valence electrons. The fourth-order valence-electron chi connectivity index (χ4n) is 1.69. The Bertz CT molecular complexity index is 258. The number of ether oxygens (including phenoxy) is 1. The van der Waals surface area contributed by atoms with Crippen molar-refractivity contribution in [3.05, 3.63) is 0 Å². The first-order valence-electron chi connectivity index (χ1n) is 5.07. The first-order valence-corrected chi connectivity index (χ1v) is 5.07. The second kappa shape index (κ2) is 3.48. The summed E-state index contributed by atoms with van der Waals surface area (Å²) in [5, 5.41) is 0. The van der Waals surface area contributed by atoms with Gasteiger partial charge in [0.15, 0.2) is 0 Å². The van der Waals surface area contributed by atoms with E-state index in [0.29, 0.717) is 12.1 Å². The molecule has 3 nitrogen and oxygen atoms in total. The van der Waals surface area contributed by atoms with Crippen molar-refractivity contribution < 1.29 is 4.74 Å². The molecule has 0 aromatic rings. The Morgan fingerprint density at radius 1 is 1.46 bits per heavy atom. The van der Waals surface area contributed by atoms with Crippen LogP contribution in [0.25, 0.3) is 0 Å². The smallest absolute Gasteiger partial charge is 0.230 e. The molecule has 0 aromatic heterocycles. The van der Waals surface area contributed by atoms with Gasteiger partial charge in [0.1, 0.15) is 6.61 Å². The fraction of sp³-hybridized carbons (Fsp3) is 0.800. The molecule has 0 N–H and O–H groups in total. The summed E-state index contributed by atoms with van der Waals surface area (Å²) in [6.07, 6.45) is 3.25. The van der Waals surface area contributed by atoms with Crippen molar-refractivity contribution in [3.8, 4) is 0 Å². The van der Waals surface area contributed by atoms with Crippen LogP contribution < -0.4 is 0 Å². The van der Waals surface area contributed by atoms with E-state index in [9.17, 15) is 0 Å². The summed E-state index contributed by atoms with van der Waals surface area (Å²) in [6.45, 7) is 5.03. The molecule has 2 atom stereocenters. The summed E-state index contributed by atoms with van der Waals surface area (Å²) >= 11 is 0. The first kappa shape index (κ1) is 8.73. The van der Waals surface area contributed by atoms with Gasteiger partial charge in [0, 0.05) is 6.04 Å². The van der Waals surface area contributed by atoms with Gasteiger partial charge in [0.25, 0.3) is 0 Å². The van der Waals surface area contributed by atoms with E-state index in [1.54, 1.807) is 0 Å². The van der Waals surface area contributed by atoms with E-state index in [2.05, 4.69) is 23.8 Å². The van der Waals surface area contributed by atoms with Crippen molar-refractivity contribution in [1.82, 2.24) is 0 Å². The second-order valence-corrected chi connectivity index (χ2v) is 3.77. The minimum Gasteiger partial charge on any atom is -0.474 e. The Kier molecular flexibility index (Phi) is 2.34. The molecule has 0 radical (unpaired) electrons. The van der Waals surface area contributed by atoms with E-state index in [1.165, 1.54) is 0 Å². The van der Waals surface area contributed by atoms with E-state index < -0.39 is 0 Å². The molecule has 3 heteroatoms. The van der Waals surface area contributed by atoms with Gasteiger partial charge in [-0.2, -0.15) is 0 Å². The predicted molar refractivity (Wildman–Crippen MR) is 53.6 cm³/mol. The predicted octanol–water partition coefficient (Wildman–Crippen LogP) is 1.82. The van der Waals surface area contributed by atoms with Crippen LogP contribution in [0.2, 0.25) is 0 Å². The fourth-order valence-corrected chi connectivity index (χ4v) is 1.69. The quantitative estimate of drug-likeness (QED) is 0.638. The van der Waals surface area contributed by atoms with Crippen molar-refractivity contribution in [3.63, 3.8) is 0 Å². The largest absolute Gasteiger partial charge is 0.474 e. The van der Waals surface area contributed by atoms with Gasteiger partial charge in [-0.25, -0.2) is 4.99 Å². The van der Waals surface area contributed by atoms with E-state index in [-0.39, 0.29) is 0 Å². The molecule has 0 amide bonds. The molecule has 2 aliphatic heterocycles. The van der Waals surface area contributed by atoms with Crippen LogP contribution in [-0.4, -0.2) is 30.3 Å². The van der Waals surface area contributed by atoms with Gasteiger partial charge in [0.05, 0.1) is 11.8 Å². The lowest BCUT2D eigenvalue weighted by Gasteiger charge is -1.98. The summed E-state index contributed by atoms with van der Waals surface area (Å²) in [4.78, 5) is 8.99. The van der Waals surface area contributed by atoms with E-state index in [0.717, 1.165) is 37.5 Å². The zero-order valence-corrected chi connectivity index (χ0v) is 8.29. The molecule has 0 saturated heterocycles. The molecular weight excluding hydrogens is 164 g/mol. The lowest BCUT2D eigenvalue weighted by molar-refractivity contribution is 0.318. The normalized spacial score (nSPS) is 32.8. The molecule has 0 aliphatic carbocycles. The zero-order chi connectivity index (χ0) is 9.26. The van der Waals surface area contributed by atoms with E-state index in [4.69, 9.17) is 4.74 Å². The highest BCUT2D eigenvalue weighted by Crippen LogP contribution is 2.17. The number of hydrogen-bond acceptors (Lipinski definition) is 3. The molecule has 0 bridgehead atoms. The Morgan fingerprint density at radius 2 is 2.31 bits per heavy atom. The molecule has 0 saturated carbocycles. The van der Waals surface area contributed by atoms with Crippen LogP contribution >= 0.6 is 0 Å². The average Bonchev–Trinajstić information content (AvgIpc) is 2.71. The van der Waals surface area contributed by atoms with Gasteiger partial charge in [-0.1, -0.05) is 6.92 Å². The third kappa shape index (κ3) is 1.74. The molecule has 2 aliphatic rings. The SMILES string of the molecule is CCC1COC(C2=NC(C)CC2)=N1. The monoisotopic (exact) mass is 180 g/mol. The highest BCUT2D eigenvalue weighted by Gasteiger charge is 2.24. The average molecular weight is 180 g/mol. The summed E-state index contributed by atoms with van der Waals surface area (Å²) in [5.74, 6) is 0.816. The van der Waals surface area contributed by atoms with Crippen molar-refractivity contribution in [1.29, 1.82) is 0 Å². The van der Waals surface area contributed by atoms with Crippen LogP contribution in [0.4, 0.5) is 0 Å². The minimum absolute atomic E-state index is 0.369. The summed E-state index contributed by atoms with van der Waals surface area (Å²) in [5.41, 5.74) is 1.09. The van der Waals surface area contributed by atoms with Crippen LogP contribution in [-0.2, 0) is 4.74 Å². The maximum Gasteiger partial charge on any atom is 0.230 e. The van der Waals surface area contributed by atoms with Crippen LogP contribution in [0.15, 0.2) is 9.98 Å². The molecule has 0 spiro atoms. The third-order valence-corrected chi connectivity index (χ3v) is 2.61. The molecular formula is C10H16N2O. The van der Waals surface area contributed by atoms with Crippen LogP contribution in [0.3, 0.4) is 0 Å². The number of hydrogen-bond donors (Lipinski definition) is 0. The van der Waals surface area contributed by atoms with Crippen molar-refractivity contribution >= 4 is 11.6 Å². The number of aliphatic imine (C=N–C) groups is 2. The molecule has 0 fully saturated rings. The minimum atomic E-state index is 0.369. The maximum absolute atomic E-state index is 5.51. The molecule has 13 heavy (non-hydrogen) atoms. The van der Waals surface area contributed by atoms with Gasteiger partial charge in [0.2, 0.25) is 5.90 Å². The topological polar surface area (TPSA) is 34.0 Å². The van der Waals surface area contributed by atoms with Crippen molar-refractivity contribution in [2.75, 3.05) is 6.61 Å². The Hall–Kier alpha value is -0.860. The van der Waals surface area contributed by atoms with E-state index >= 15 is 0 Å². The van der Waals surface area contributed by atoms with Gasteiger partial charge in [-0.3, -0.25) is 4.99 Å².